The van der Waals surface area contributed by atoms with E-state index in [1.807, 2.05) is 78.2 Å². The van der Waals surface area contributed by atoms with Gasteiger partial charge in [-0.1, -0.05) is 63.6 Å². The number of carbonyl (C=O) groups excluding carboxylic acids is 1. The van der Waals surface area contributed by atoms with E-state index in [1.165, 1.54) is 17.3 Å². The number of hydrogen-bond donors (Lipinski definition) is 0. The van der Waals surface area contributed by atoms with E-state index in [0.717, 1.165) is 15.9 Å². The second kappa shape index (κ2) is 8.71. The lowest BCUT2D eigenvalue weighted by atomic mass is 10.2. The van der Waals surface area contributed by atoms with Crippen LogP contribution in [0.5, 0.6) is 0 Å². The van der Waals surface area contributed by atoms with Gasteiger partial charge in [-0.25, -0.2) is 0 Å². The highest BCUT2D eigenvalue weighted by Crippen LogP contribution is 2.28. The zero-order chi connectivity index (χ0) is 20.2. The Hall–Kier alpha value is -2.77. The maximum atomic E-state index is 12.6. The number of thioether (sulfide) groups is 1. The molecule has 144 valence electrons. The molecule has 0 bridgehead atoms. The molecule has 0 saturated heterocycles. The number of carbonyl (C=O) groups is 1. The van der Waals surface area contributed by atoms with Crippen molar-refractivity contribution in [2.24, 2.45) is 0 Å². The number of aryl methyl sites for hydroxylation is 1. The second-order valence-electron chi connectivity index (χ2n) is 6.41. The summed E-state index contributed by atoms with van der Waals surface area (Å²) in [7, 11) is 0. The van der Waals surface area contributed by atoms with E-state index in [-0.39, 0.29) is 11.5 Å². The van der Waals surface area contributed by atoms with Crippen molar-refractivity contribution in [1.82, 2.24) is 19.7 Å². The summed E-state index contributed by atoms with van der Waals surface area (Å²) in [6, 6.07) is 21.2. The smallest absolute Gasteiger partial charge is 0.196 e. The molecule has 29 heavy (non-hydrogen) atoms. The largest absolute Gasteiger partial charge is 0.293 e. The van der Waals surface area contributed by atoms with Crippen LogP contribution in [0.4, 0.5) is 0 Å². The van der Waals surface area contributed by atoms with E-state index in [9.17, 15) is 4.79 Å². The van der Waals surface area contributed by atoms with Gasteiger partial charge in [0, 0.05) is 21.9 Å². The van der Waals surface area contributed by atoms with Crippen molar-refractivity contribution >= 4 is 33.5 Å². The fraction of sp³-hybridized carbons (Fsp3) is 0.0909. The zero-order valence-corrected chi connectivity index (χ0v) is 18.0. The molecule has 0 amide bonds. The van der Waals surface area contributed by atoms with Gasteiger partial charge in [0.2, 0.25) is 0 Å². The molecule has 2 heterocycles. The van der Waals surface area contributed by atoms with Crippen molar-refractivity contribution in [1.29, 1.82) is 0 Å². The van der Waals surface area contributed by atoms with Gasteiger partial charge in [0.25, 0.3) is 0 Å². The SMILES string of the molecule is Cc1ccc(-n2c(SCC(=O)c3cccc(Br)c3)nnc2-c2ccccn2)cc1. The van der Waals surface area contributed by atoms with Crippen LogP contribution in [0, 0.1) is 6.92 Å². The van der Waals surface area contributed by atoms with Crippen LogP contribution >= 0.6 is 27.7 Å². The van der Waals surface area contributed by atoms with Gasteiger partial charge < -0.3 is 0 Å². The third-order valence-corrected chi connectivity index (χ3v) is 5.72. The molecule has 0 unspecified atom stereocenters. The quantitative estimate of drug-likeness (QED) is 0.283. The monoisotopic (exact) mass is 464 g/mol. The normalized spacial score (nSPS) is 10.8. The molecule has 2 aromatic heterocycles. The van der Waals surface area contributed by atoms with Gasteiger partial charge in [0.1, 0.15) is 5.69 Å². The highest BCUT2D eigenvalue weighted by atomic mass is 79.9. The van der Waals surface area contributed by atoms with E-state index in [1.54, 1.807) is 6.20 Å². The number of rotatable bonds is 6. The molecule has 0 aliphatic carbocycles. The van der Waals surface area contributed by atoms with Gasteiger partial charge >= 0.3 is 0 Å². The van der Waals surface area contributed by atoms with E-state index < -0.39 is 0 Å². The number of aromatic nitrogens is 4. The molecular weight excluding hydrogens is 448 g/mol. The van der Waals surface area contributed by atoms with E-state index in [0.29, 0.717) is 16.5 Å². The molecule has 2 aromatic carbocycles. The molecule has 4 aromatic rings. The van der Waals surface area contributed by atoms with Crippen molar-refractivity contribution in [3.05, 3.63) is 88.5 Å². The summed E-state index contributed by atoms with van der Waals surface area (Å²) in [5.74, 6) is 0.948. The molecule has 4 rings (SSSR count). The predicted octanol–water partition coefficient (Wildman–Crippen LogP) is 5.38. The Morgan fingerprint density at radius 1 is 1.03 bits per heavy atom. The summed E-state index contributed by atoms with van der Waals surface area (Å²) in [4.78, 5) is 17.0. The Kier molecular flexibility index (Phi) is 5.87. The number of pyridine rings is 1. The third-order valence-electron chi connectivity index (χ3n) is 4.30. The second-order valence-corrected chi connectivity index (χ2v) is 8.27. The first-order chi connectivity index (χ1) is 14.1. The van der Waals surface area contributed by atoms with Crippen LogP contribution in [0.25, 0.3) is 17.2 Å². The highest BCUT2D eigenvalue weighted by molar-refractivity contribution is 9.10. The van der Waals surface area contributed by atoms with Crippen molar-refractivity contribution < 1.29 is 4.79 Å². The number of halogens is 1. The van der Waals surface area contributed by atoms with Crippen LogP contribution in [0.1, 0.15) is 15.9 Å². The minimum Gasteiger partial charge on any atom is -0.293 e. The molecule has 0 N–H and O–H groups in total. The van der Waals surface area contributed by atoms with Crippen molar-refractivity contribution in [2.45, 2.75) is 12.1 Å². The van der Waals surface area contributed by atoms with Gasteiger partial charge in [0.05, 0.1) is 5.75 Å². The summed E-state index contributed by atoms with van der Waals surface area (Å²) in [5.41, 5.74) is 3.49. The molecule has 0 aliphatic heterocycles. The summed E-state index contributed by atoms with van der Waals surface area (Å²) >= 11 is 4.78. The topological polar surface area (TPSA) is 60.7 Å². The van der Waals surface area contributed by atoms with Crippen molar-refractivity contribution in [3.63, 3.8) is 0 Å². The van der Waals surface area contributed by atoms with E-state index in [4.69, 9.17) is 0 Å². The predicted molar refractivity (Wildman–Crippen MR) is 119 cm³/mol. The molecule has 0 aliphatic rings. The standard InChI is InChI=1S/C22H17BrN4OS/c1-15-8-10-18(11-9-15)27-21(19-7-2-3-12-24-19)25-26-22(27)29-14-20(28)16-5-4-6-17(23)13-16/h2-13H,14H2,1H3. The number of Topliss-reactive ketones (excluding diaryl/α,β-unsaturated/α-hetero) is 1. The summed E-state index contributed by atoms with van der Waals surface area (Å²) < 4.78 is 2.83. The average Bonchev–Trinajstić information content (AvgIpc) is 3.17. The number of hydrogen-bond acceptors (Lipinski definition) is 5. The van der Waals surface area contributed by atoms with Gasteiger partial charge in [-0.2, -0.15) is 0 Å². The lowest BCUT2D eigenvalue weighted by Gasteiger charge is -2.10. The van der Waals surface area contributed by atoms with Gasteiger partial charge in [-0.3, -0.25) is 14.3 Å². The fourth-order valence-electron chi connectivity index (χ4n) is 2.83. The zero-order valence-electron chi connectivity index (χ0n) is 15.6. The Balaban J connectivity index is 1.67. The lowest BCUT2D eigenvalue weighted by Crippen LogP contribution is -2.05. The van der Waals surface area contributed by atoms with Crippen LogP contribution in [0.2, 0.25) is 0 Å². The third kappa shape index (κ3) is 4.46. The number of ketones is 1. The van der Waals surface area contributed by atoms with Crippen LogP contribution in [0.15, 0.2) is 82.6 Å². The lowest BCUT2D eigenvalue weighted by molar-refractivity contribution is 0.102. The molecule has 0 fully saturated rings. The first-order valence-corrected chi connectivity index (χ1v) is 10.7. The molecule has 0 radical (unpaired) electrons. The highest BCUT2D eigenvalue weighted by Gasteiger charge is 2.18. The Bertz CT molecular complexity index is 1140. The first kappa shape index (κ1) is 19.5. The number of nitrogens with zero attached hydrogens (tertiary/aromatic N) is 4. The van der Waals surface area contributed by atoms with Crippen molar-refractivity contribution in [3.8, 4) is 17.2 Å². The first-order valence-electron chi connectivity index (χ1n) is 8.97. The summed E-state index contributed by atoms with van der Waals surface area (Å²) in [6.45, 7) is 2.04. The van der Waals surface area contributed by atoms with Crippen LogP contribution in [-0.2, 0) is 0 Å². The Morgan fingerprint density at radius 2 is 1.86 bits per heavy atom. The Labute approximate surface area is 181 Å². The molecule has 0 atom stereocenters. The summed E-state index contributed by atoms with van der Waals surface area (Å²) in [6.07, 6.45) is 1.73. The van der Waals surface area contributed by atoms with Crippen molar-refractivity contribution in [2.75, 3.05) is 5.75 Å². The maximum Gasteiger partial charge on any atom is 0.196 e. The van der Waals surface area contributed by atoms with Crippen LogP contribution in [0.3, 0.4) is 0 Å². The number of benzene rings is 2. The van der Waals surface area contributed by atoms with Gasteiger partial charge in [0.15, 0.2) is 16.8 Å². The van der Waals surface area contributed by atoms with E-state index in [2.05, 4.69) is 31.1 Å². The van der Waals surface area contributed by atoms with Crippen LogP contribution < -0.4 is 0 Å². The summed E-state index contributed by atoms with van der Waals surface area (Å²) in [5, 5.41) is 9.36. The molecule has 5 nitrogen and oxygen atoms in total. The average molecular weight is 465 g/mol. The maximum absolute atomic E-state index is 12.6. The molecular formula is C22H17BrN4OS. The molecule has 7 heteroatoms. The molecule has 0 saturated carbocycles. The van der Waals surface area contributed by atoms with Crippen LogP contribution in [-0.4, -0.2) is 31.3 Å². The van der Waals surface area contributed by atoms with Gasteiger partial charge in [-0.15, -0.1) is 10.2 Å². The minimum atomic E-state index is 0.0362. The molecule has 0 spiro atoms. The Morgan fingerprint density at radius 3 is 2.59 bits per heavy atom. The van der Waals surface area contributed by atoms with Gasteiger partial charge in [-0.05, 0) is 43.3 Å². The minimum absolute atomic E-state index is 0.0362. The van der Waals surface area contributed by atoms with E-state index >= 15 is 0 Å². The fourth-order valence-corrected chi connectivity index (χ4v) is 4.07.